The number of carbonyl (C=O) groups is 1. The minimum absolute atomic E-state index is 0.0186. The van der Waals surface area contributed by atoms with Crippen molar-refractivity contribution in [3.63, 3.8) is 0 Å². The third-order valence-corrected chi connectivity index (χ3v) is 4.56. The smallest absolute Gasteiger partial charge is 0.230 e. The van der Waals surface area contributed by atoms with E-state index in [0.717, 1.165) is 16.3 Å². The Kier molecular flexibility index (Phi) is 4.91. The van der Waals surface area contributed by atoms with E-state index in [-0.39, 0.29) is 5.91 Å². The summed E-state index contributed by atoms with van der Waals surface area (Å²) >= 11 is 1.64. The van der Waals surface area contributed by atoms with Gasteiger partial charge < -0.3 is 11.1 Å². The largest absolute Gasteiger partial charge is 0.399 e. The van der Waals surface area contributed by atoms with Crippen molar-refractivity contribution < 1.29 is 4.79 Å². The Hall–Kier alpha value is -1.94. The summed E-state index contributed by atoms with van der Waals surface area (Å²) in [5, 5.41) is 2.95. The molecule has 21 heavy (non-hydrogen) atoms. The molecule has 0 aliphatic rings. The average Bonchev–Trinajstić information content (AvgIpc) is 2.46. The van der Waals surface area contributed by atoms with Crippen LogP contribution in [0.2, 0.25) is 0 Å². The first-order chi connectivity index (χ1) is 9.97. The van der Waals surface area contributed by atoms with Crippen LogP contribution < -0.4 is 11.1 Å². The fourth-order valence-corrected chi connectivity index (χ4v) is 2.81. The van der Waals surface area contributed by atoms with Crippen LogP contribution >= 0.6 is 11.8 Å². The third-order valence-electron chi connectivity index (χ3n) is 3.10. The van der Waals surface area contributed by atoms with Crippen molar-refractivity contribution >= 4 is 29.0 Å². The number of amides is 1. The van der Waals surface area contributed by atoms with E-state index in [4.69, 9.17) is 5.73 Å². The zero-order valence-corrected chi connectivity index (χ0v) is 13.1. The standard InChI is InChI=1S/C17H20N2OS/c1-17(2,12-21-15-10-6-7-13(18)11-15)16(20)19-14-8-4-3-5-9-14/h3-11H,12,18H2,1-2H3,(H,19,20). The second-order valence-electron chi connectivity index (χ2n) is 5.57. The molecule has 0 atom stereocenters. The van der Waals surface area contributed by atoms with Crippen molar-refractivity contribution in [3.05, 3.63) is 54.6 Å². The maximum Gasteiger partial charge on any atom is 0.230 e. The van der Waals surface area contributed by atoms with Crippen LogP contribution in [0.3, 0.4) is 0 Å². The summed E-state index contributed by atoms with van der Waals surface area (Å²) in [4.78, 5) is 13.5. The van der Waals surface area contributed by atoms with Gasteiger partial charge in [-0.1, -0.05) is 38.1 Å². The molecule has 4 heteroatoms. The summed E-state index contributed by atoms with van der Waals surface area (Å²) < 4.78 is 0. The Bertz CT molecular complexity index is 611. The first-order valence-corrected chi connectivity index (χ1v) is 7.81. The van der Waals surface area contributed by atoms with Gasteiger partial charge in [0.15, 0.2) is 0 Å². The molecule has 0 heterocycles. The van der Waals surface area contributed by atoms with Gasteiger partial charge in [0.2, 0.25) is 5.91 Å². The van der Waals surface area contributed by atoms with Crippen molar-refractivity contribution in [2.24, 2.45) is 5.41 Å². The lowest BCUT2D eigenvalue weighted by molar-refractivity contribution is -0.122. The van der Waals surface area contributed by atoms with Crippen LogP contribution in [-0.4, -0.2) is 11.7 Å². The van der Waals surface area contributed by atoms with Crippen molar-refractivity contribution in [2.45, 2.75) is 18.7 Å². The van der Waals surface area contributed by atoms with Crippen molar-refractivity contribution in [1.29, 1.82) is 0 Å². The summed E-state index contributed by atoms with van der Waals surface area (Å²) in [6.07, 6.45) is 0. The molecule has 0 bridgehead atoms. The highest BCUT2D eigenvalue weighted by atomic mass is 32.2. The summed E-state index contributed by atoms with van der Waals surface area (Å²) in [6.45, 7) is 3.90. The molecule has 0 saturated heterocycles. The quantitative estimate of drug-likeness (QED) is 0.647. The predicted octanol–water partition coefficient (Wildman–Crippen LogP) is 4.03. The number of hydrogen-bond donors (Lipinski definition) is 2. The van der Waals surface area contributed by atoms with E-state index in [2.05, 4.69) is 5.32 Å². The molecule has 1 amide bonds. The van der Waals surface area contributed by atoms with Crippen LogP contribution in [0.5, 0.6) is 0 Å². The first-order valence-electron chi connectivity index (χ1n) is 6.82. The van der Waals surface area contributed by atoms with E-state index in [1.54, 1.807) is 11.8 Å². The molecule has 110 valence electrons. The summed E-state index contributed by atoms with van der Waals surface area (Å²) in [7, 11) is 0. The molecule has 0 aliphatic carbocycles. The monoisotopic (exact) mass is 300 g/mol. The number of hydrogen-bond acceptors (Lipinski definition) is 3. The van der Waals surface area contributed by atoms with Crippen LogP contribution in [0, 0.1) is 5.41 Å². The van der Waals surface area contributed by atoms with Gasteiger partial charge in [-0.05, 0) is 30.3 Å². The maximum absolute atomic E-state index is 12.4. The van der Waals surface area contributed by atoms with E-state index < -0.39 is 5.41 Å². The number of para-hydroxylation sites is 1. The Balaban J connectivity index is 1.96. The average molecular weight is 300 g/mol. The molecule has 0 saturated carbocycles. The highest BCUT2D eigenvalue weighted by Crippen LogP contribution is 2.29. The van der Waals surface area contributed by atoms with E-state index in [0.29, 0.717) is 5.75 Å². The molecule has 0 aromatic heterocycles. The molecule has 0 fully saturated rings. The Morgan fingerprint density at radius 1 is 1.14 bits per heavy atom. The van der Waals surface area contributed by atoms with Gasteiger partial charge in [-0.25, -0.2) is 0 Å². The molecule has 0 aliphatic heterocycles. The molecule has 2 aromatic rings. The van der Waals surface area contributed by atoms with Gasteiger partial charge in [0.25, 0.3) is 0 Å². The molecule has 3 nitrogen and oxygen atoms in total. The summed E-state index contributed by atoms with van der Waals surface area (Å²) in [5.74, 6) is 0.708. The van der Waals surface area contributed by atoms with Gasteiger partial charge >= 0.3 is 0 Å². The second-order valence-corrected chi connectivity index (χ2v) is 6.61. The normalized spacial score (nSPS) is 11.1. The highest BCUT2D eigenvalue weighted by molar-refractivity contribution is 7.99. The van der Waals surface area contributed by atoms with Crippen LogP contribution in [0.1, 0.15) is 13.8 Å². The Morgan fingerprint density at radius 3 is 2.52 bits per heavy atom. The van der Waals surface area contributed by atoms with Crippen LogP contribution in [0.4, 0.5) is 11.4 Å². The molecule has 3 N–H and O–H groups in total. The van der Waals surface area contributed by atoms with Crippen LogP contribution in [0.25, 0.3) is 0 Å². The highest BCUT2D eigenvalue weighted by Gasteiger charge is 2.27. The van der Waals surface area contributed by atoms with E-state index in [1.165, 1.54) is 0 Å². The maximum atomic E-state index is 12.4. The lowest BCUT2D eigenvalue weighted by Gasteiger charge is -2.23. The molecule has 0 unspecified atom stereocenters. The molecule has 0 radical (unpaired) electrons. The summed E-state index contributed by atoms with van der Waals surface area (Å²) in [5.41, 5.74) is 6.87. The van der Waals surface area contributed by atoms with Gasteiger partial charge in [-0.15, -0.1) is 11.8 Å². The molecule has 0 spiro atoms. The van der Waals surface area contributed by atoms with Crippen LogP contribution in [-0.2, 0) is 4.79 Å². The fourth-order valence-electron chi connectivity index (χ4n) is 1.76. The van der Waals surface area contributed by atoms with Crippen LogP contribution in [0.15, 0.2) is 59.5 Å². The van der Waals surface area contributed by atoms with Gasteiger partial charge in [0.05, 0.1) is 5.41 Å². The molecule has 2 aromatic carbocycles. The predicted molar refractivity (Wildman–Crippen MR) is 90.4 cm³/mol. The molecular formula is C17H20N2OS. The van der Waals surface area contributed by atoms with E-state index in [1.807, 2.05) is 68.4 Å². The number of thioether (sulfide) groups is 1. The minimum Gasteiger partial charge on any atom is -0.399 e. The minimum atomic E-state index is -0.467. The lowest BCUT2D eigenvalue weighted by atomic mass is 9.95. The number of nitrogen functional groups attached to an aromatic ring is 1. The van der Waals surface area contributed by atoms with Crippen molar-refractivity contribution in [3.8, 4) is 0 Å². The molecular weight excluding hydrogens is 280 g/mol. The number of benzene rings is 2. The third kappa shape index (κ3) is 4.53. The van der Waals surface area contributed by atoms with Gasteiger partial charge in [-0.2, -0.15) is 0 Å². The van der Waals surface area contributed by atoms with Gasteiger partial charge in [-0.3, -0.25) is 4.79 Å². The number of nitrogens with two attached hydrogens (primary N) is 1. The summed E-state index contributed by atoms with van der Waals surface area (Å²) in [6, 6.07) is 17.2. The Morgan fingerprint density at radius 2 is 1.86 bits per heavy atom. The molecule has 2 rings (SSSR count). The van der Waals surface area contributed by atoms with E-state index in [9.17, 15) is 4.79 Å². The second kappa shape index (κ2) is 6.68. The number of rotatable bonds is 5. The fraction of sp³-hybridized carbons (Fsp3) is 0.235. The van der Waals surface area contributed by atoms with Gasteiger partial charge in [0, 0.05) is 22.0 Å². The first kappa shape index (κ1) is 15.4. The number of anilines is 2. The SMILES string of the molecule is CC(C)(CSc1cccc(N)c1)C(=O)Nc1ccccc1. The van der Waals surface area contributed by atoms with E-state index >= 15 is 0 Å². The van der Waals surface area contributed by atoms with Gasteiger partial charge in [0.1, 0.15) is 0 Å². The number of carbonyl (C=O) groups excluding carboxylic acids is 1. The number of nitrogens with one attached hydrogen (secondary N) is 1. The Labute approximate surface area is 129 Å². The zero-order valence-electron chi connectivity index (χ0n) is 12.3. The van der Waals surface area contributed by atoms with Crippen molar-refractivity contribution in [2.75, 3.05) is 16.8 Å². The lowest BCUT2D eigenvalue weighted by Crippen LogP contribution is -2.32. The topological polar surface area (TPSA) is 55.1 Å². The van der Waals surface area contributed by atoms with Crippen molar-refractivity contribution in [1.82, 2.24) is 0 Å². The zero-order chi connectivity index (χ0) is 15.3.